The number of benzene rings is 2. The van der Waals surface area contributed by atoms with Gasteiger partial charge < -0.3 is 30.9 Å². The molecule has 13 heteroatoms. The third-order valence-electron chi connectivity index (χ3n) is 8.92. The number of carbonyl (C=O) groups excluding carboxylic acids is 3. The predicted octanol–water partition coefficient (Wildman–Crippen LogP) is 4.55. The van der Waals surface area contributed by atoms with Crippen molar-refractivity contribution in [3.63, 3.8) is 0 Å². The maximum atomic E-state index is 13.6. The summed E-state index contributed by atoms with van der Waals surface area (Å²) in [5, 5.41) is 12.6. The van der Waals surface area contributed by atoms with Crippen LogP contribution in [0.15, 0.2) is 36.4 Å². The lowest BCUT2D eigenvalue weighted by Crippen LogP contribution is -2.50. The van der Waals surface area contributed by atoms with Gasteiger partial charge in [-0.15, -0.1) is 0 Å². The molecule has 2 aromatic rings. The van der Waals surface area contributed by atoms with Crippen LogP contribution in [0.4, 0.5) is 29.3 Å². The first-order valence-corrected chi connectivity index (χ1v) is 15.3. The average Bonchev–Trinajstić information content (AvgIpc) is 3.16. The molecule has 0 aromatic heterocycles. The Morgan fingerprint density at radius 3 is 2.36 bits per heavy atom. The molecule has 9 nitrogen and oxygen atoms in total. The number of nitrogen functional groups attached to an aromatic ring is 1. The summed E-state index contributed by atoms with van der Waals surface area (Å²) in [6.45, 7) is 1.95. The summed E-state index contributed by atoms with van der Waals surface area (Å²) in [4.78, 5) is 45.2. The molecule has 44 heavy (non-hydrogen) atoms. The molecule has 4 N–H and O–H groups in total. The molecule has 0 bridgehead atoms. The molecule has 0 aliphatic carbocycles. The van der Waals surface area contributed by atoms with E-state index < -0.39 is 29.4 Å². The van der Waals surface area contributed by atoms with Crippen LogP contribution < -0.4 is 11.1 Å². The number of piperidine rings is 2. The minimum atomic E-state index is -4.74. The van der Waals surface area contributed by atoms with E-state index in [1.54, 1.807) is 9.80 Å². The Labute approximate surface area is 259 Å². The van der Waals surface area contributed by atoms with E-state index in [0.717, 1.165) is 23.7 Å². The van der Waals surface area contributed by atoms with Gasteiger partial charge >= 0.3 is 12.2 Å². The van der Waals surface area contributed by atoms with Crippen molar-refractivity contribution in [2.24, 2.45) is 5.92 Å². The molecule has 2 aromatic carbocycles. The highest BCUT2D eigenvalue weighted by Crippen LogP contribution is 2.38. The zero-order valence-corrected chi connectivity index (χ0v) is 25.0. The second kappa shape index (κ2) is 13.2. The number of aliphatic hydroxyl groups excluding tert-OH is 1. The van der Waals surface area contributed by atoms with Crippen molar-refractivity contribution in [2.45, 2.75) is 63.3 Å². The summed E-state index contributed by atoms with van der Waals surface area (Å²) < 4.78 is 40.9. The molecular formula is C31H37ClF3N5O4. The van der Waals surface area contributed by atoms with Gasteiger partial charge in [0.2, 0.25) is 11.8 Å². The Kier molecular flexibility index (Phi) is 9.59. The maximum Gasteiger partial charge on any atom is 0.418 e. The molecule has 0 radical (unpaired) electrons. The molecule has 1 unspecified atom stereocenters. The van der Waals surface area contributed by atoms with Crippen molar-refractivity contribution in [1.29, 1.82) is 0 Å². The molecule has 3 heterocycles. The molecule has 2 fully saturated rings. The first kappa shape index (κ1) is 31.9. The van der Waals surface area contributed by atoms with Crippen LogP contribution in [0.1, 0.15) is 48.8 Å². The number of nitrogens with one attached hydrogen (secondary N) is 1. The number of hydrogen-bond donors (Lipinski definition) is 3. The molecule has 5 rings (SSSR count). The molecule has 3 aliphatic heterocycles. The Hall–Kier alpha value is -3.51. The van der Waals surface area contributed by atoms with Gasteiger partial charge in [-0.25, -0.2) is 4.79 Å². The summed E-state index contributed by atoms with van der Waals surface area (Å²) >= 11 is 6.05. The minimum Gasteiger partial charge on any atom is -0.397 e. The van der Waals surface area contributed by atoms with Gasteiger partial charge in [-0.1, -0.05) is 29.8 Å². The monoisotopic (exact) mass is 635 g/mol. The number of urea groups is 1. The van der Waals surface area contributed by atoms with E-state index in [0.29, 0.717) is 58.4 Å². The highest BCUT2D eigenvalue weighted by Gasteiger charge is 2.37. The van der Waals surface area contributed by atoms with Crippen molar-refractivity contribution in [3.05, 3.63) is 58.1 Å². The number of anilines is 2. The smallest absolute Gasteiger partial charge is 0.397 e. The Morgan fingerprint density at radius 1 is 1.02 bits per heavy atom. The van der Waals surface area contributed by atoms with E-state index >= 15 is 0 Å². The molecule has 0 spiro atoms. The summed E-state index contributed by atoms with van der Waals surface area (Å²) in [5.74, 6) is -1.54. The number of para-hydroxylation sites is 1. The van der Waals surface area contributed by atoms with Gasteiger partial charge in [-0.3, -0.25) is 9.59 Å². The van der Waals surface area contributed by atoms with Crippen molar-refractivity contribution in [1.82, 2.24) is 14.7 Å². The van der Waals surface area contributed by atoms with Gasteiger partial charge in [0.05, 0.1) is 28.3 Å². The molecule has 1 atom stereocenters. The summed E-state index contributed by atoms with van der Waals surface area (Å²) in [6.07, 6.45) is -2.94. The van der Waals surface area contributed by atoms with Gasteiger partial charge in [0.25, 0.3) is 0 Å². The number of amides is 4. The summed E-state index contributed by atoms with van der Waals surface area (Å²) in [5.41, 5.74) is 5.96. The summed E-state index contributed by atoms with van der Waals surface area (Å²) in [6, 6.07) is 9.67. The molecule has 238 valence electrons. The van der Waals surface area contributed by atoms with Crippen molar-refractivity contribution in [2.75, 3.05) is 43.8 Å². The van der Waals surface area contributed by atoms with Crippen LogP contribution in [0.5, 0.6) is 0 Å². The normalized spacial score (nSPS) is 19.3. The zero-order chi connectivity index (χ0) is 31.6. The second-order valence-corrected chi connectivity index (χ2v) is 12.2. The maximum absolute atomic E-state index is 13.6. The van der Waals surface area contributed by atoms with Gasteiger partial charge in [-0.2, -0.15) is 13.2 Å². The van der Waals surface area contributed by atoms with E-state index in [4.69, 9.17) is 17.3 Å². The number of alkyl halides is 3. The topological polar surface area (TPSA) is 119 Å². The average molecular weight is 636 g/mol. The molecule has 2 saturated heterocycles. The number of likely N-dealkylation sites (tertiary alicyclic amines) is 2. The molecule has 4 amide bonds. The second-order valence-electron chi connectivity index (χ2n) is 11.8. The number of hydrogen-bond acceptors (Lipinski definition) is 5. The van der Waals surface area contributed by atoms with Crippen LogP contribution in [0, 0.1) is 5.92 Å². The third kappa shape index (κ3) is 7.23. The van der Waals surface area contributed by atoms with Crippen molar-refractivity contribution >= 4 is 40.8 Å². The Morgan fingerprint density at radius 2 is 1.68 bits per heavy atom. The third-order valence-corrected chi connectivity index (χ3v) is 9.24. The van der Waals surface area contributed by atoms with Gasteiger partial charge in [0.1, 0.15) is 0 Å². The quantitative estimate of drug-likeness (QED) is 0.403. The van der Waals surface area contributed by atoms with E-state index in [1.165, 1.54) is 6.07 Å². The first-order chi connectivity index (χ1) is 20.9. The fourth-order valence-corrected chi connectivity index (χ4v) is 6.65. The van der Waals surface area contributed by atoms with Gasteiger partial charge in [0, 0.05) is 50.9 Å². The number of rotatable bonds is 6. The number of carbonyl (C=O) groups is 3. The van der Waals surface area contributed by atoms with Crippen LogP contribution in [0.2, 0.25) is 5.02 Å². The lowest BCUT2D eigenvalue weighted by atomic mass is 9.91. The number of nitrogens with two attached hydrogens (primary N) is 1. The zero-order valence-electron chi connectivity index (χ0n) is 24.3. The predicted molar refractivity (Wildman–Crippen MR) is 160 cm³/mol. The van der Waals surface area contributed by atoms with Crippen molar-refractivity contribution in [3.8, 4) is 0 Å². The van der Waals surface area contributed by atoms with Crippen LogP contribution in [-0.2, 0) is 28.6 Å². The van der Waals surface area contributed by atoms with E-state index in [-0.39, 0.29) is 47.3 Å². The van der Waals surface area contributed by atoms with Crippen LogP contribution in [-0.4, -0.2) is 82.5 Å². The van der Waals surface area contributed by atoms with Gasteiger partial charge in [0.15, 0.2) is 0 Å². The number of aliphatic hydroxyl groups is 1. The SMILES string of the molecule is Nc1c(Cl)cc(CC(CC(=O)N2CCC(N3CCc4ccccc4NC3=O)CC2)C(=O)N2CCC(O)CC2)cc1C(F)(F)F. The lowest BCUT2D eigenvalue weighted by molar-refractivity contribution is -0.143. The number of halogens is 4. The van der Waals surface area contributed by atoms with Crippen LogP contribution >= 0.6 is 11.6 Å². The lowest BCUT2D eigenvalue weighted by Gasteiger charge is -2.38. The molecule has 0 saturated carbocycles. The highest BCUT2D eigenvalue weighted by atomic mass is 35.5. The minimum absolute atomic E-state index is 0.0525. The Bertz CT molecular complexity index is 1390. The van der Waals surface area contributed by atoms with Crippen molar-refractivity contribution < 1.29 is 32.7 Å². The van der Waals surface area contributed by atoms with Crippen LogP contribution in [0.3, 0.4) is 0 Å². The fourth-order valence-electron chi connectivity index (χ4n) is 6.41. The number of nitrogens with zero attached hydrogens (tertiary/aromatic N) is 3. The van der Waals surface area contributed by atoms with E-state index in [1.807, 2.05) is 29.2 Å². The largest absolute Gasteiger partial charge is 0.418 e. The van der Waals surface area contributed by atoms with Gasteiger partial charge in [-0.05, 0) is 67.9 Å². The first-order valence-electron chi connectivity index (χ1n) is 15.0. The van der Waals surface area contributed by atoms with E-state index in [9.17, 15) is 32.7 Å². The highest BCUT2D eigenvalue weighted by molar-refractivity contribution is 6.33. The van der Waals surface area contributed by atoms with E-state index in [2.05, 4.69) is 5.32 Å². The molecule has 3 aliphatic rings. The van der Waals surface area contributed by atoms with Crippen LogP contribution in [0.25, 0.3) is 0 Å². The standard InChI is InChI=1S/C31H37ClF3N5O4/c32-25-17-19(16-24(28(25)36)31(33,34)35)15-21(29(43)39-12-8-23(41)9-13-39)18-27(42)38-10-6-22(7-11-38)40-14-5-20-3-1-2-4-26(20)37-30(40)44/h1-4,16-17,21-23,41H,5-15,18,36H2,(H,37,44). The Balaban J connectivity index is 1.26. The fraction of sp³-hybridized carbons (Fsp3) is 0.516. The molecular weight excluding hydrogens is 599 g/mol. The number of fused-ring (bicyclic) bond motifs is 1. The summed E-state index contributed by atoms with van der Waals surface area (Å²) in [7, 11) is 0.